The summed E-state index contributed by atoms with van der Waals surface area (Å²) in [5, 5.41) is 8.87. The van der Waals surface area contributed by atoms with Crippen LogP contribution in [0.5, 0.6) is 0 Å². The lowest BCUT2D eigenvalue weighted by Crippen LogP contribution is -2.49. The SMILES string of the molecule is CCN1CCN(C(=O)CC2CCN(CCCO)CC2)CC1. The second-order valence-corrected chi connectivity index (χ2v) is 6.38. The van der Waals surface area contributed by atoms with Crippen molar-refractivity contribution in [3.05, 3.63) is 0 Å². The molecule has 2 aliphatic rings. The number of aliphatic hydroxyl groups is 1. The summed E-state index contributed by atoms with van der Waals surface area (Å²) >= 11 is 0. The Morgan fingerprint density at radius 3 is 2.29 bits per heavy atom. The summed E-state index contributed by atoms with van der Waals surface area (Å²) in [7, 11) is 0. The van der Waals surface area contributed by atoms with E-state index in [4.69, 9.17) is 5.11 Å². The zero-order valence-corrected chi connectivity index (χ0v) is 13.5. The molecule has 2 aliphatic heterocycles. The molecule has 0 aromatic rings. The molecule has 5 heteroatoms. The number of hydrogen-bond donors (Lipinski definition) is 1. The van der Waals surface area contributed by atoms with E-state index in [1.165, 1.54) is 0 Å². The molecule has 2 rings (SSSR count). The Hall–Kier alpha value is -0.650. The largest absolute Gasteiger partial charge is 0.396 e. The Labute approximate surface area is 128 Å². The summed E-state index contributed by atoms with van der Waals surface area (Å²) in [6.45, 7) is 10.6. The van der Waals surface area contributed by atoms with E-state index in [1.54, 1.807) is 0 Å². The van der Waals surface area contributed by atoms with Gasteiger partial charge in [0.15, 0.2) is 0 Å². The molecular formula is C16H31N3O2. The highest BCUT2D eigenvalue weighted by molar-refractivity contribution is 5.76. The molecule has 0 aromatic carbocycles. The minimum absolute atomic E-state index is 0.280. The normalized spacial score (nSPS) is 22.7. The number of nitrogens with zero attached hydrogens (tertiary/aromatic N) is 3. The van der Waals surface area contributed by atoms with Crippen LogP contribution < -0.4 is 0 Å². The van der Waals surface area contributed by atoms with Crippen molar-refractivity contribution in [3.8, 4) is 0 Å². The second kappa shape index (κ2) is 8.71. The Balaban J connectivity index is 1.65. The third kappa shape index (κ3) is 5.24. The number of likely N-dealkylation sites (N-methyl/N-ethyl adjacent to an activating group) is 1. The second-order valence-electron chi connectivity index (χ2n) is 6.38. The first-order valence-electron chi connectivity index (χ1n) is 8.56. The molecule has 0 aromatic heterocycles. The highest BCUT2D eigenvalue weighted by atomic mass is 16.3. The zero-order valence-electron chi connectivity index (χ0n) is 13.5. The van der Waals surface area contributed by atoms with Crippen LogP contribution in [0.25, 0.3) is 0 Å². The molecule has 21 heavy (non-hydrogen) atoms. The van der Waals surface area contributed by atoms with Crippen molar-refractivity contribution in [1.29, 1.82) is 0 Å². The highest BCUT2D eigenvalue weighted by Crippen LogP contribution is 2.21. The average molecular weight is 297 g/mol. The number of aliphatic hydroxyl groups excluding tert-OH is 1. The van der Waals surface area contributed by atoms with E-state index in [2.05, 4.69) is 21.6 Å². The molecule has 5 nitrogen and oxygen atoms in total. The number of piperazine rings is 1. The van der Waals surface area contributed by atoms with Gasteiger partial charge in [0.05, 0.1) is 0 Å². The van der Waals surface area contributed by atoms with Gasteiger partial charge in [-0.15, -0.1) is 0 Å². The van der Waals surface area contributed by atoms with Crippen molar-refractivity contribution in [3.63, 3.8) is 0 Å². The number of hydrogen-bond acceptors (Lipinski definition) is 4. The minimum Gasteiger partial charge on any atom is -0.396 e. The maximum atomic E-state index is 12.4. The lowest BCUT2D eigenvalue weighted by atomic mass is 9.92. The van der Waals surface area contributed by atoms with E-state index in [9.17, 15) is 4.79 Å². The number of carbonyl (C=O) groups is 1. The lowest BCUT2D eigenvalue weighted by Gasteiger charge is -2.36. The average Bonchev–Trinajstić information content (AvgIpc) is 2.54. The van der Waals surface area contributed by atoms with Gasteiger partial charge in [0.1, 0.15) is 0 Å². The molecule has 0 radical (unpaired) electrons. The molecule has 2 heterocycles. The van der Waals surface area contributed by atoms with Crippen LogP contribution in [0.1, 0.15) is 32.6 Å². The summed E-state index contributed by atoms with van der Waals surface area (Å²) in [5.74, 6) is 0.923. The van der Waals surface area contributed by atoms with Gasteiger partial charge in [-0.3, -0.25) is 4.79 Å². The number of piperidine rings is 1. The fourth-order valence-corrected chi connectivity index (χ4v) is 3.40. The van der Waals surface area contributed by atoms with Gasteiger partial charge < -0.3 is 19.8 Å². The van der Waals surface area contributed by atoms with Crippen LogP contribution in [0, 0.1) is 5.92 Å². The van der Waals surface area contributed by atoms with Crippen molar-refractivity contribution in [2.45, 2.75) is 32.6 Å². The predicted octanol–water partition coefficient (Wildman–Crippen LogP) is 0.635. The first-order chi connectivity index (χ1) is 10.2. The fraction of sp³-hybridized carbons (Fsp3) is 0.938. The molecule has 0 bridgehead atoms. The third-order valence-electron chi connectivity index (χ3n) is 4.98. The van der Waals surface area contributed by atoms with E-state index in [1.807, 2.05) is 0 Å². The van der Waals surface area contributed by atoms with Gasteiger partial charge in [-0.2, -0.15) is 0 Å². The molecule has 1 N–H and O–H groups in total. The molecular weight excluding hydrogens is 266 g/mol. The van der Waals surface area contributed by atoms with Crippen molar-refractivity contribution < 1.29 is 9.90 Å². The molecule has 0 spiro atoms. The van der Waals surface area contributed by atoms with E-state index in [0.717, 1.165) is 78.0 Å². The van der Waals surface area contributed by atoms with Crippen LogP contribution in [0.4, 0.5) is 0 Å². The van der Waals surface area contributed by atoms with Crippen LogP contribution in [0.3, 0.4) is 0 Å². The standard InChI is InChI=1S/C16H31N3O2/c1-2-17-9-11-19(12-10-17)16(21)14-15-4-7-18(8-5-15)6-3-13-20/h15,20H,2-14H2,1H3. The summed E-state index contributed by atoms with van der Waals surface area (Å²) in [6.07, 6.45) is 3.86. The van der Waals surface area contributed by atoms with E-state index in [-0.39, 0.29) is 6.61 Å². The molecule has 2 fully saturated rings. The predicted molar refractivity (Wildman–Crippen MR) is 84.2 cm³/mol. The van der Waals surface area contributed by atoms with Crippen molar-refractivity contribution in [2.24, 2.45) is 5.92 Å². The molecule has 0 aliphatic carbocycles. The molecule has 122 valence electrons. The van der Waals surface area contributed by atoms with Crippen molar-refractivity contribution >= 4 is 5.91 Å². The Bertz CT molecular complexity index is 309. The quantitative estimate of drug-likeness (QED) is 0.781. The van der Waals surface area contributed by atoms with Crippen LogP contribution in [0.15, 0.2) is 0 Å². The first-order valence-corrected chi connectivity index (χ1v) is 8.56. The summed E-state index contributed by atoms with van der Waals surface area (Å²) in [5.41, 5.74) is 0. The van der Waals surface area contributed by atoms with Gasteiger partial charge in [0, 0.05) is 45.8 Å². The van der Waals surface area contributed by atoms with Crippen LogP contribution in [-0.2, 0) is 4.79 Å². The maximum Gasteiger partial charge on any atom is 0.222 e. The molecule has 0 atom stereocenters. The van der Waals surface area contributed by atoms with E-state index < -0.39 is 0 Å². The fourth-order valence-electron chi connectivity index (χ4n) is 3.40. The summed E-state index contributed by atoms with van der Waals surface area (Å²) in [6, 6.07) is 0. The molecule has 0 saturated carbocycles. The Morgan fingerprint density at radius 1 is 1.05 bits per heavy atom. The van der Waals surface area contributed by atoms with Crippen LogP contribution in [0.2, 0.25) is 0 Å². The smallest absolute Gasteiger partial charge is 0.222 e. The van der Waals surface area contributed by atoms with E-state index >= 15 is 0 Å². The topological polar surface area (TPSA) is 47.0 Å². The van der Waals surface area contributed by atoms with Gasteiger partial charge in [0.2, 0.25) is 5.91 Å². The van der Waals surface area contributed by atoms with Gasteiger partial charge in [-0.05, 0) is 44.8 Å². The highest BCUT2D eigenvalue weighted by Gasteiger charge is 2.25. The van der Waals surface area contributed by atoms with Crippen LogP contribution in [-0.4, -0.2) is 84.7 Å². The Morgan fingerprint density at radius 2 is 1.71 bits per heavy atom. The number of rotatable bonds is 6. The molecule has 1 amide bonds. The summed E-state index contributed by atoms with van der Waals surface area (Å²) < 4.78 is 0. The monoisotopic (exact) mass is 297 g/mol. The lowest BCUT2D eigenvalue weighted by molar-refractivity contribution is -0.134. The van der Waals surface area contributed by atoms with Gasteiger partial charge in [0.25, 0.3) is 0 Å². The van der Waals surface area contributed by atoms with Gasteiger partial charge >= 0.3 is 0 Å². The van der Waals surface area contributed by atoms with Gasteiger partial charge in [-0.25, -0.2) is 0 Å². The van der Waals surface area contributed by atoms with E-state index in [0.29, 0.717) is 11.8 Å². The third-order valence-corrected chi connectivity index (χ3v) is 4.98. The van der Waals surface area contributed by atoms with Crippen molar-refractivity contribution in [1.82, 2.24) is 14.7 Å². The number of carbonyl (C=O) groups excluding carboxylic acids is 1. The Kier molecular flexibility index (Phi) is 6.93. The van der Waals surface area contributed by atoms with Crippen LogP contribution >= 0.6 is 0 Å². The first kappa shape index (κ1) is 16.7. The maximum absolute atomic E-state index is 12.4. The molecule has 2 saturated heterocycles. The summed E-state index contributed by atoms with van der Waals surface area (Å²) in [4.78, 5) is 19.3. The number of likely N-dealkylation sites (tertiary alicyclic amines) is 1. The van der Waals surface area contributed by atoms with Crippen molar-refractivity contribution in [2.75, 3.05) is 59.0 Å². The minimum atomic E-state index is 0.280. The molecule has 0 unspecified atom stereocenters. The zero-order chi connectivity index (χ0) is 15.1. The number of amides is 1. The van der Waals surface area contributed by atoms with Gasteiger partial charge in [-0.1, -0.05) is 6.92 Å².